The summed E-state index contributed by atoms with van der Waals surface area (Å²) in [6.07, 6.45) is 0.427. The van der Waals surface area contributed by atoms with E-state index in [0.29, 0.717) is 32.6 Å². The Bertz CT molecular complexity index is 806. The van der Waals surface area contributed by atoms with Crippen molar-refractivity contribution in [2.45, 2.75) is 32.6 Å². The maximum atomic E-state index is 13.1. The fourth-order valence-electron chi connectivity index (χ4n) is 3.62. The monoisotopic (exact) mass is 364 g/mol. The number of aryl methyl sites for hydroxylation is 1. The van der Waals surface area contributed by atoms with Gasteiger partial charge in [-0.2, -0.15) is 0 Å². The van der Waals surface area contributed by atoms with Crippen LogP contribution in [0.1, 0.15) is 30.5 Å². The molecule has 1 heterocycles. The summed E-state index contributed by atoms with van der Waals surface area (Å²) in [5.74, 6) is 0.262. The molecule has 0 atom stereocenters. The van der Waals surface area contributed by atoms with Gasteiger partial charge in [0.15, 0.2) is 0 Å². The molecule has 0 bridgehead atoms. The molecule has 2 aromatic rings. The summed E-state index contributed by atoms with van der Waals surface area (Å²) < 4.78 is 0. The third-order valence-corrected chi connectivity index (χ3v) is 5.55. The minimum absolute atomic E-state index is 0.125. The Morgan fingerprint density at radius 3 is 2.04 bits per heavy atom. The van der Waals surface area contributed by atoms with Crippen LogP contribution < -0.4 is 0 Å². The number of nitrogens with zero attached hydrogens (tertiary/aromatic N) is 2. The predicted octanol–water partition coefficient (Wildman–Crippen LogP) is 3.19. The Labute approximate surface area is 161 Å². The molecule has 1 aliphatic heterocycles. The van der Waals surface area contributed by atoms with E-state index in [1.54, 1.807) is 0 Å². The van der Waals surface area contributed by atoms with Crippen molar-refractivity contribution in [2.75, 3.05) is 26.2 Å². The summed E-state index contributed by atoms with van der Waals surface area (Å²) in [5.41, 5.74) is 2.68. The van der Waals surface area contributed by atoms with E-state index in [9.17, 15) is 9.59 Å². The van der Waals surface area contributed by atoms with Crippen molar-refractivity contribution >= 4 is 11.8 Å². The number of hydrogen-bond acceptors (Lipinski definition) is 2. The maximum absolute atomic E-state index is 13.1. The summed E-state index contributed by atoms with van der Waals surface area (Å²) in [4.78, 5) is 29.5. The summed E-state index contributed by atoms with van der Waals surface area (Å²) in [6.45, 7) is 8.36. The van der Waals surface area contributed by atoms with Crippen LogP contribution in [0, 0.1) is 6.92 Å². The molecular weight excluding hydrogens is 336 g/mol. The number of amides is 2. The lowest BCUT2D eigenvalue weighted by Crippen LogP contribution is -2.54. The molecule has 0 radical (unpaired) electrons. The van der Waals surface area contributed by atoms with Gasteiger partial charge in [-0.3, -0.25) is 9.59 Å². The molecule has 1 saturated heterocycles. The van der Waals surface area contributed by atoms with Gasteiger partial charge in [-0.15, -0.1) is 0 Å². The van der Waals surface area contributed by atoms with Crippen LogP contribution in [0.5, 0.6) is 0 Å². The molecule has 0 spiro atoms. The summed E-state index contributed by atoms with van der Waals surface area (Å²) >= 11 is 0. The van der Waals surface area contributed by atoms with Crippen LogP contribution in [-0.2, 0) is 21.4 Å². The van der Waals surface area contributed by atoms with Crippen molar-refractivity contribution in [3.8, 4) is 0 Å². The molecular formula is C23H28N2O2. The van der Waals surface area contributed by atoms with Crippen molar-refractivity contribution in [1.29, 1.82) is 0 Å². The van der Waals surface area contributed by atoms with Gasteiger partial charge in [0.05, 0.1) is 11.8 Å². The first-order valence-electron chi connectivity index (χ1n) is 9.57. The van der Waals surface area contributed by atoms with Crippen LogP contribution in [0.3, 0.4) is 0 Å². The van der Waals surface area contributed by atoms with E-state index in [4.69, 9.17) is 0 Å². The lowest BCUT2D eigenvalue weighted by atomic mass is 9.83. The van der Waals surface area contributed by atoms with Gasteiger partial charge >= 0.3 is 0 Å². The Hall–Kier alpha value is -2.62. The molecule has 4 heteroatoms. The number of carbonyl (C=O) groups excluding carboxylic acids is 2. The average molecular weight is 364 g/mol. The zero-order chi connectivity index (χ0) is 19.4. The molecule has 27 heavy (non-hydrogen) atoms. The summed E-state index contributed by atoms with van der Waals surface area (Å²) in [7, 11) is 0. The van der Waals surface area contributed by atoms with Gasteiger partial charge in [-0.05, 0) is 37.5 Å². The molecule has 142 valence electrons. The Balaban J connectivity index is 1.59. The van der Waals surface area contributed by atoms with Crippen molar-refractivity contribution in [3.05, 3.63) is 71.3 Å². The third kappa shape index (κ3) is 4.21. The molecule has 0 saturated carbocycles. The largest absolute Gasteiger partial charge is 0.339 e. The first kappa shape index (κ1) is 19.2. The van der Waals surface area contributed by atoms with Gasteiger partial charge in [0.1, 0.15) is 0 Å². The molecule has 0 aliphatic carbocycles. The Morgan fingerprint density at radius 2 is 1.41 bits per heavy atom. The van der Waals surface area contributed by atoms with E-state index < -0.39 is 5.41 Å². The van der Waals surface area contributed by atoms with Crippen LogP contribution in [0.2, 0.25) is 0 Å². The van der Waals surface area contributed by atoms with Crippen LogP contribution in [0.15, 0.2) is 54.6 Å². The van der Waals surface area contributed by atoms with Gasteiger partial charge in [-0.1, -0.05) is 54.6 Å². The van der Waals surface area contributed by atoms with E-state index in [1.807, 2.05) is 85.2 Å². The lowest BCUT2D eigenvalue weighted by molar-refractivity contribution is -0.142. The van der Waals surface area contributed by atoms with E-state index in [2.05, 4.69) is 0 Å². The molecule has 2 amide bonds. The molecule has 0 unspecified atom stereocenters. The lowest BCUT2D eigenvalue weighted by Gasteiger charge is -2.39. The number of hydrogen-bond donors (Lipinski definition) is 0. The van der Waals surface area contributed by atoms with Gasteiger partial charge in [-0.25, -0.2) is 0 Å². The van der Waals surface area contributed by atoms with Crippen LogP contribution in [-0.4, -0.2) is 47.8 Å². The van der Waals surface area contributed by atoms with Crippen LogP contribution >= 0.6 is 0 Å². The normalized spacial score (nSPS) is 14.9. The molecule has 4 nitrogen and oxygen atoms in total. The molecule has 0 aromatic heterocycles. The average Bonchev–Trinajstić information content (AvgIpc) is 2.70. The highest BCUT2D eigenvalue weighted by molar-refractivity contribution is 5.88. The standard InChI is InChI=1S/C23H28N2O2/c1-18-9-7-8-10-19(18)17-21(26)24-13-15-25(16-14-24)22(27)23(2,3)20-11-5-4-6-12-20/h4-12H,13-17H2,1-3H3. The Morgan fingerprint density at radius 1 is 0.852 bits per heavy atom. The topological polar surface area (TPSA) is 40.6 Å². The second-order valence-corrected chi connectivity index (χ2v) is 7.77. The van der Waals surface area contributed by atoms with E-state index in [0.717, 1.165) is 16.7 Å². The number of piperazine rings is 1. The van der Waals surface area contributed by atoms with Crippen LogP contribution in [0.4, 0.5) is 0 Å². The smallest absolute Gasteiger partial charge is 0.232 e. The third-order valence-electron chi connectivity index (χ3n) is 5.55. The van der Waals surface area contributed by atoms with Gasteiger partial charge in [0, 0.05) is 26.2 Å². The SMILES string of the molecule is Cc1ccccc1CC(=O)N1CCN(C(=O)C(C)(C)c2ccccc2)CC1. The zero-order valence-corrected chi connectivity index (χ0v) is 16.4. The molecule has 1 aliphatic rings. The van der Waals surface area contributed by atoms with Crippen LogP contribution in [0.25, 0.3) is 0 Å². The predicted molar refractivity (Wildman–Crippen MR) is 108 cm³/mol. The number of rotatable bonds is 4. The first-order valence-corrected chi connectivity index (χ1v) is 9.57. The van der Waals surface area contributed by atoms with Gasteiger partial charge in [0.2, 0.25) is 11.8 Å². The van der Waals surface area contributed by atoms with Crippen molar-refractivity contribution in [2.24, 2.45) is 0 Å². The highest BCUT2D eigenvalue weighted by Gasteiger charge is 2.35. The molecule has 3 rings (SSSR count). The minimum atomic E-state index is -0.561. The molecule has 1 fully saturated rings. The van der Waals surface area contributed by atoms with Crippen molar-refractivity contribution in [1.82, 2.24) is 9.80 Å². The van der Waals surface area contributed by atoms with E-state index in [1.165, 1.54) is 0 Å². The van der Waals surface area contributed by atoms with E-state index in [-0.39, 0.29) is 11.8 Å². The van der Waals surface area contributed by atoms with Gasteiger partial charge < -0.3 is 9.80 Å². The molecule has 0 N–H and O–H groups in total. The second-order valence-electron chi connectivity index (χ2n) is 7.77. The summed E-state index contributed by atoms with van der Waals surface area (Å²) in [5, 5.41) is 0. The summed E-state index contributed by atoms with van der Waals surface area (Å²) in [6, 6.07) is 17.9. The highest BCUT2D eigenvalue weighted by Crippen LogP contribution is 2.26. The number of carbonyl (C=O) groups is 2. The second kappa shape index (κ2) is 7.95. The zero-order valence-electron chi connectivity index (χ0n) is 16.4. The Kier molecular flexibility index (Phi) is 5.64. The fraction of sp³-hybridized carbons (Fsp3) is 0.391. The first-order chi connectivity index (χ1) is 12.9. The van der Waals surface area contributed by atoms with Gasteiger partial charge in [0.25, 0.3) is 0 Å². The number of benzene rings is 2. The quantitative estimate of drug-likeness (QED) is 0.836. The molecule has 2 aromatic carbocycles. The fourth-order valence-corrected chi connectivity index (χ4v) is 3.62. The van der Waals surface area contributed by atoms with Crippen molar-refractivity contribution in [3.63, 3.8) is 0 Å². The van der Waals surface area contributed by atoms with E-state index >= 15 is 0 Å². The minimum Gasteiger partial charge on any atom is -0.339 e. The van der Waals surface area contributed by atoms with Crippen molar-refractivity contribution < 1.29 is 9.59 Å². The maximum Gasteiger partial charge on any atom is 0.232 e. The highest BCUT2D eigenvalue weighted by atomic mass is 16.2.